The van der Waals surface area contributed by atoms with Crippen molar-refractivity contribution in [1.82, 2.24) is 14.8 Å². The molecule has 0 aliphatic heterocycles. The fourth-order valence-electron chi connectivity index (χ4n) is 2.14. The zero-order chi connectivity index (χ0) is 15.5. The Morgan fingerprint density at radius 3 is 2.95 bits per heavy atom. The maximum atomic E-state index is 12.1. The van der Waals surface area contributed by atoms with Gasteiger partial charge in [0.1, 0.15) is 11.9 Å². The normalized spacial score (nSPS) is 11.0. The summed E-state index contributed by atoms with van der Waals surface area (Å²) in [5, 5.41) is 9.58. The first kappa shape index (κ1) is 14.6. The molecule has 0 unspecified atom stereocenters. The highest BCUT2D eigenvalue weighted by Gasteiger charge is 2.22. The molecule has 0 saturated carbocycles. The van der Waals surface area contributed by atoms with Crippen molar-refractivity contribution in [2.45, 2.75) is 17.8 Å². The van der Waals surface area contributed by atoms with Gasteiger partial charge in [0, 0.05) is 23.8 Å². The number of aromatic nitrogens is 3. The number of hydrogen-bond acceptors (Lipinski definition) is 6. The minimum absolute atomic E-state index is 0.262. The number of carbonyl (C=O) groups is 1. The number of aryl methyl sites for hydroxylation is 1. The van der Waals surface area contributed by atoms with Crippen LogP contribution in [0.4, 0.5) is 0 Å². The summed E-state index contributed by atoms with van der Waals surface area (Å²) in [6.07, 6.45) is 1.64. The smallest absolute Gasteiger partial charge is 0.374 e. The van der Waals surface area contributed by atoms with E-state index in [1.54, 1.807) is 13.3 Å². The molecule has 114 valence electrons. The highest BCUT2D eigenvalue weighted by atomic mass is 32.2. The van der Waals surface area contributed by atoms with E-state index < -0.39 is 5.97 Å². The molecule has 0 aliphatic rings. The molecule has 3 rings (SSSR count). The Labute approximate surface area is 131 Å². The first-order valence-electron chi connectivity index (χ1n) is 6.85. The largest absolute Gasteiger partial charge is 0.460 e. The quantitative estimate of drug-likeness (QED) is 0.532. The van der Waals surface area contributed by atoms with Gasteiger partial charge in [-0.2, -0.15) is 0 Å². The zero-order valence-corrected chi connectivity index (χ0v) is 13.1. The minimum atomic E-state index is -0.438. The van der Waals surface area contributed by atoms with Crippen molar-refractivity contribution in [2.75, 3.05) is 6.61 Å². The van der Waals surface area contributed by atoms with Crippen LogP contribution in [0, 0.1) is 0 Å². The van der Waals surface area contributed by atoms with E-state index in [-0.39, 0.29) is 5.76 Å². The molecule has 0 spiro atoms. The maximum absolute atomic E-state index is 12.1. The monoisotopic (exact) mass is 317 g/mol. The van der Waals surface area contributed by atoms with Crippen molar-refractivity contribution < 1.29 is 13.9 Å². The number of fused-ring (bicyclic) bond motifs is 1. The van der Waals surface area contributed by atoms with Gasteiger partial charge in [0.15, 0.2) is 5.16 Å². The molecule has 2 aromatic heterocycles. The van der Waals surface area contributed by atoms with Crippen molar-refractivity contribution in [2.24, 2.45) is 7.05 Å². The van der Waals surface area contributed by atoms with Crippen LogP contribution in [0.3, 0.4) is 0 Å². The SMILES string of the molecule is CCOC(=O)c1oc2ccccc2c1CSc1nncn1C. The Morgan fingerprint density at radius 1 is 1.41 bits per heavy atom. The number of nitrogens with zero attached hydrogens (tertiary/aromatic N) is 3. The summed E-state index contributed by atoms with van der Waals surface area (Å²) < 4.78 is 12.6. The summed E-state index contributed by atoms with van der Waals surface area (Å²) in [5.74, 6) is 0.377. The molecule has 0 atom stereocenters. The fraction of sp³-hybridized carbons (Fsp3) is 0.267. The third-order valence-electron chi connectivity index (χ3n) is 3.17. The molecular weight excluding hydrogens is 302 g/mol. The predicted molar refractivity (Wildman–Crippen MR) is 82.7 cm³/mol. The lowest BCUT2D eigenvalue weighted by Gasteiger charge is -2.03. The van der Waals surface area contributed by atoms with Crippen LogP contribution in [0.2, 0.25) is 0 Å². The number of esters is 1. The molecule has 3 aromatic rings. The first-order valence-corrected chi connectivity index (χ1v) is 7.83. The van der Waals surface area contributed by atoms with Crippen LogP contribution in [-0.2, 0) is 17.5 Å². The van der Waals surface area contributed by atoms with Gasteiger partial charge in [0.25, 0.3) is 0 Å². The van der Waals surface area contributed by atoms with E-state index in [1.807, 2.05) is 35.9 Å². The van der Waals surface area contributed by atoms with Gasteiger partial charge in [0.05, 0.1) is 6.61 Å². The van der Waals surface area contributed by atoms with Gasteiger partial charge in [-0.05, 0) is 13.0 Å². The van der Waals surface area contributed by atoms with Gasteiger partial charge >= 0.3 is 5.97 Å². The highest BCUT2D eigenvalue weighted by Crippen LogP contribution is 2.31. The number of ether oxygens (including phenoxy) is 1. The second-order valence-electron chi connectivity index (χ2n) is 4.64. The summed E-state index contributed by atoms with van der Waals surface area (Å²) in [4.78, 5) is 12.1. The first-order chi connectivity index (χ1) is 10.7. The molecule has 6 nitrogen and oxygen atoms in total. The number of thioether (sulfide) groups is 1. The van der Waals surface area contributed by atoms with Crippen LogP contribution in [0.5, 0.6) is 0 Å². The molecule has 0 saturated heterocycles. The maximum Gasteiger partial charge on any atom is 0.374 e. The second-order valence-corrected chi connectivity index (χ2v) is 5.58. The standard InChI is InChI=1S/C15H15N3O3S/c1-3-20-14(19)13-11(8-22-15-17-16-9-18(15)2)10-6-4-5-7-12(10)21-13/h4-7,9H,3,8H2,1-2H3. The van der Waals surface area contributed by atoms with Crippen LogP contribution in [0.1, 0.15) is 23.0 Å². The number of rotatable bonds is 5. The molecular formula is C15H15N3O3S. The van der Waals surface area contributed by atoms with Crippen LogP contribution in [-0.4, -0.2) is 27.3 Å². The fourth-order valence-corrected chi connectivity index (χ4v) is 3.06. The van der Waals surface area contributed by atoms with E-state index >= 15 is 0 Å². The van der Waals surface area contributed by atoms with Crippen molar-refractivity contribution in [3.63, 3.8) is 0 Å². The second kappa shape index (κ2) is 6.23. The Kier molecular flexibility index (Phi) is 4.15. The van der Waals surface area contributed by atoms with E-state index in [0.717, 1.165) is 16.1 Å². The lowest BCUT2D eigenvalue weighted by atomic mass is 10.1. The summed E-state index contributed by atoms with van der Waals surface area (Å²) in [7, 11) is 1.88. The van der Waals surface area contributed by atoms with E-state index in [0.29, 0.717) is 17.9 Å². The number of carbonyl (C=O) groups excluding carboxylic acids is 1. The molecule has 0 N–H and O–H groups in total. The third-order valence-corrected chi connectivity index (χ3v) is 4.24. The van der Waals surface area contributed by atoms with E-state index in [2.05, 4.69) is 10.2 Å². The van der Waals surface area contributed by atoms with Crippen molar-refractivity contribution in [3.8, 4) is 0 Å². The third kappa shape index (κ3) is 2.71. The molecule has 2 heterocycles. The van der Waals surface area contributed by atoms with Gasteiger partial charge < -0.3 is 13.7 Å². The van der Waals surface area contributed by atoms with Gasteiger partial charge in [-0.1, -0.05) is 30.0 Å². The van der Waals surface area contributed by atoms with E-state index in [4.69, 9.17) is 9.15 Å². The molecule has 7 heteroatoms. The van der Waals surface area contributed by atoms with Crippen molar-refractivity contribution >= 4 is 28.7 Å². The van der Waals surface area contributed by atoms with Crippen LogP contribution < -0.4 is 0 Å². The summed E-state index contributed by atoms with van der Waals surface area (Å²) in [6.45, 7) is 2.08. The number of hydrogen-bond donors (Lipinski definition) is 0. The van der Waals surface area contributed by atoms with Gasteiger partial charge in [-0.25, -0.2) is 4.79 Å². The lowest BCUT2D eigenvalue weighted by Crippen LogP contribution is -2.05. The number of para-hydroxylation sites is 1. The number of benzene rings is 1. The summed E-state index contributed by atoms with van der Waals surface area (Å²) >= 11 is 1.50. The van der Waals surface area contributed by atoms with Gasteiger partial charge in [0.2, 0.25) is 5.76 Å². The van der Waals surface area contributed by atoms with E-state index in [9.17, 15) is 4.79 Å². The molecule has 0 fully saturated rings. The Morgan fingerprint density at radius 2 is 2.23 bits per heavy atom. The van der Waals surface area contributed by atoms with Gasteiger partial charge in [-0.3, -0.25) is 0 Å². The van der Waals surface area contributed by atoms with E-state index in [1.165, 1.54) is 11.8 Å². The van der Waals surface area contributed by atoms with Crippen LogP contribution >= 0.6 is 11.8 Å². The minimum Gasteiger partial charge on any atom is -0.460 e. The number of furan rings is 1. The summed E-state index contributed by atoms with van der Waals surface area (Å²) in [5.41, 5.74) is 1.50. The van der Waals surface area contributed by atoms with Crippen LogP contribution in [0.15, 0.2) is 40.2 Å². The zero-order valence-electron chi connectivity index (χ0n) is 12.3. The molecule has 0 radical (unpaired) electrons. The van der Waals surface area contributed by atoms with Crippen molar-refractivity contribution in [1.29, 1.82) is 0 Å². The van der Waals surface area contributed by atoms with Crippen molar-refractivity contribution in [3.05, 3.63) is 41.9 Å². The Bertz CT molecular complexity index is 809. The summed E-state index contributed by atoms with van der Waals surface area (Å²) in [6, 6.07) is 7.58. The van der Waals surface area contributed by atoms with Gasteiger partial charge in [-0.15, -0.1) is 10.2 Å². The Hall–Kier alpha value is -2.28. The lowest BCUT2D eigenvalue weighted by molar-refractivity contribution is 0.0491. The molecule has 1 aromatic carbocycles. The Balaban J connectivity index is 1.96. The molecule has 0 bridgehead atoms. The molecule has 0 amide bonds. The van der Waals surface area contributed by atoms with Crippen LogP contribution in [0.25, 0.3) is 11.0 Å². The highest BCUT2D eigenvalue weighted by molar-refractivity contribution is 7.98. The average molecular weight is 317 g/mol. The molecule has 0 aliphatic carbocycles. The topological polar surface area (TPSA) is 70.2 Å². The average Bonchev–Trinajstić information content (AvgIpc) is 3.09. The molecule has 22 heavy (non-hydrogen) atoms. The predicted octanol–water partition coefficient (Wildman–Crippen LogP) is 3.03.